The number of carbonyl (C=O) groups excluding carboxylic acids is 1. The Morgan fingerprint density at radius 2 is 1.04 bits per heavy atom. The highest BCUT2D eigenvalue weighted by atomic mass is 16.6. The van der Waals surface area contributed by atoms with Crippen molar-refractivity contribution in [1.29, 1.82) is 0 Å². The summed E-state index contributed by atoms with van der Waals surface area (Å²) < 4.78 is 5.83. The maximum Gasteiger partial charge on any atom is 0.319 e. The monoisotopic (exact) mass is 670 g/mol. The number of aliphatic hydroxyl groups excluding tert-OH is 2. The molecule has 0 aliphatic carbocycles. The second-order valence-corrected chi connectivity index (χ2v) is 14.6. The van der Waals surface area contributed by atoms with Crippen molar-refractivity contribution in [3.8, 4) is 0 Å². The SMILES string of the molecule is CCCCCCCCCCCCCCCCCCN(C(=O)NCCCCCCCCCCCCCC)[C@@H]1O[C@H](CO)[C@@H](O)C[C@@]1(N)O. The fourth-order valence-corrected chi connectivity index (χ4v) is 6.87. The molecule has 8 nitrogen and oxygen atoms in total. The Kier molecular flexibility index (Phi) is 28.1. The van der Waals surface area contributed by atoms with Gasteiger partial charge in [0, 0.05) is 19.5 Å². The lowest BCUT2D eigenvalue weighted by Crippen LogP contribution is -2.69. The number of rotatable bonds is 32. The van der Waals surface area contributed by atoms with E-state index in [4.69, 9.17) is 10.5 Å². The number of nitrogens with zero attached hydrogens (tertiary/aromatic N) is 1. The molecule has 1 saturated heterocycles. The van der Waals surface area contributed by atoms with Crippen LogP contribution < -0.4 is 11.1 Å². The summed E-state index contributed by atoms with van der Waals surface area (Å²) in [6.45, 7) is 5.09. The molecule has 0 aromatic carbocycles. The topological polar surface area (TPSA) is 128 Å². The van der Waals surface area contributed by atoms with Crippen LogP contribution in [-0.4, -0.2) is 70.1 Å². The van der Waals surface area contributed by atoms with Crippen molar-refractivity contribution >= 4 is 6.03 Å². The number of unbranched alkanes of at least 4 members (excludes halogenated alkanes) is 26. The van der Waals surface area contributed by atoms with Gasteiger partial charge in [0.2, 0.25) is 0 Å². The Morgan fingerprint density at radius 3 is 1.43 bits per heavy atom. The maximum absolute atomic E-state index is 13.3. The number of nitrogens with two attached hydrogens (primary N) is 1. The molecule has 0 spiro atoms. The Hall–Kier alpha value is -0.930. The average molecular weight is 670 g/mol. The Bertz CT molecular complexity index is 710. The molecule has 2 amide bonds. The van der Waals surface area contributed by atoms with Gasteiger partial charge in [0.15, 0.2) is 12.0 Å². The van der Waals surface area contributed by atoms with E-state index in [1.165, 1.54) is 153 Å². The van der Waals surface area contributed by atoms with Crippen LogP contribution in [0.25, 0.3) is 0 Å². The number of ether oxygens (including phenoxy) is 1. The van der Waals surface area contributed by atoms with Gasteiger partial charge in [-0.05, 0) is 12.8 Å². The third kappa shape index (κ3) is 22.4. The molecule has 1 aliphatic heterocycles. The highest BCUT2D eigenvalue weighted by Gasteiger charge is 2.48. The summed E-state index contributed by atoms with van der Waals surface area (Å²) in [6, 6.07) is -0.309. The smallest absolute Gasteiger partial charge is 0.319 e. The van der Waals surface area contributed by atoms with Crippen LogP contribution in [0.4, 0.5) is 4.79 Å². The van der Waals surface area contributed by atoms with Crippen LogP contribution in [0.3, 0.4) is 0 Å². The molecule has 1 aliphatic rings. The van der Waals surface area contributed by atoms with E-state index in [0.717, 1.165) is 32.1 Å². The van der Waals surface area contributed by atoms with Gasteiger partial charge in [-0.1, -0.05) is 181 Å². The largest absolute Gasteiger partial charge is 0.394 e. The molecule has 1 rings (SSSR count). The first-order valence-electron chi connectivity index (χ1n) is 20.4. The zero-order valence-electron chi connectivity index (χ0n) is 31.0. The maximum atomic E-state index is 13.3. The van der Waals surface area contributed by atoms with Crippen LogP contribution in [0.2, 0.25) is 0 Å². The van der Waals surface area contributed by atoms with Crippen molar-refractivity contribution in [1.82, 2.24) is 10.2 Å². The molecule has 1 fully saturated rings. The number of carbonyl (C=O) groups is 1. The van der Waals surface area contributed by atoms with Gasteiger partial charge >= 0.3 is 6.03 Å². The van der Waals surface area contributed by atoms with Gasteiger partial charge in [-0.3, -0.25) is 10.6 Å². The first kappa shape index (κ1) is 44.1. The Labute approximate surface area is 290 Å². The number of nitrogens with one attached hydrogen (secondary N) is 1. The number of hydrogen-bond acceptors (Lipinski definition) is 6. The van der Waals surface area contributed by atoms with E-state index in [1.807, 2.05) is 0 Å². The van der Waals surface area contributed by atoms with E-state index < -0.39 is 30.8 Å². The quantitative estimate of drug-likeness (QED) is 0.0359. The van der Waals surface area contributed by atoms with Crippen LogP contribution >= 0.6 is 0 Å². The summed E-state index contributed by atoms with van der Waals surface area (Å²) in [5.74, 6) is 0. The fourth-order valence-electron chi connectivity index (χ4n) is 6.87. The van der Waals surface area contributed by atoms with E-state index in [9.17, 15) is 20.1 Å². The number of aliphatic hydroxyl groups is 3. The lowest BCUT2D eigenvalue weighted by Gasteiger charge is -2.47. The van der Waals surface area contributed by atoms with E-state index in [2.05, 4.69) is 19.2 Å². The average Bonchev–Trinajstić information content (AvgIpc) is 3.05. The van der Waals surface area contributed by atoms with Gasteiger partial charge in [-0.25, -0.2) is 4.79 Å². The summed E-state index contributed by atoms with van der Waals surface area (Å²) in [5, 5.41) is 33.9. The van der Waals surface area contributed by atoms with Crippen molar-refractivity contribution in [2.45, 2.75) is 224 Å². The van der Waals surface area contributed by atoms with Crippen LogP contribution in [-0.2, 0) is 4.74 Å². The minimum atomic E-state index is -1.90. The minimum absolute atomic E-state index is 0.162. The Balaban J connectivity index is 2.31. The molecule has 0 bridgehead atoms. The highest BCUT2D eigenvalue weighted by molar-refractivity contribution is 5.74. The first-order chi connectivity index (χ1) is 22.9. The molecular formula is C39H79N3O5. The second-order valence-electron chi connectivity index (χ2n) is 14.6. The zero-order chi connectivity index (χ0) is 34.4. The summed E-state index contributed by atoms with van der Waals surface area (Å²) in [6.07, 6.45) is 32.3. The van der Waals surface area contributed by atoms with Crippen molar-refractivity contribution in [2.75, 3.05) is 19.7 Å². The highest BCUT2D eigenvalue weighted by Crippen LogP contribution is 2.28. The van der Waals surface area contributed by atoms with Gasteiger partial charge in [0.05, 0.1) is 12.7 Å². The van der Waals surface area contributed by atoms with Crippen molar-refractivity contribution in [3.05, 3.63) is 0 Å². The molecule has 4 atom stereocenters. The van der Waals surface area contributed by atoms with Crippen LogP contribution in [0.15, 0.2) is 0 Å². The molecule has 0 radical (unpaired) electrons. The van der Waals surface area contributed by atoms with Crippen LogP contribution in [0.5, 0.6) is 0 Å². The van der Waals surface area contributed by atoms with Crippen molar-refractivity contribution in [2.24, 2.45) is 5.73 Å². The van der Waals surface area contributed by atoms with Crippen LogP contribution in [0.1, 0.15) is 200 Å². The normalized spacial score (nSPS) is 21.3. The van der Waals surface area contributed by atoms with E-state index in [0.29, 0.717) is 13.1 Å². The van der Waals surface area contributed by atoms with E-state index in [-0.39, 0.29) is 12.5 Å². The zero-order valence-corrected chi connectivity index (χ0v) is 31.0. The number of amides is 2. The van der Waals surface area contributed by atoms with Gasteiger partial charge < -0.3 is 25.4 Å². The molecule has 47 heavy (non-hydrogen) atoms. The lowest BCUT2D eigenvalue weighted by molar-refractivity contribution is -0.256. The van der Waals surface area contributed by atoms with Gasteiger partial charge in [0.1, 0.15) is 6.10 Å². The number of urea groups is 1. The minimum Gasteiger partial charge on any atom is -0.394 e. The lowest BCUT2D eigenvalue weighted by atomic mass is 9.96. The molecule has 280 valence electrons. The third-order valence-corrected chi connectivity index (χ3v) is 9.98. The van der Waals surface area contributed by atoms with Gasteiger partial charge in [0.25, 0.3) is 0 Å². The number of hydrogen-bond donors (Lipinski definition) is 5. The van der Waals surface area contributed by atoms with E-state index in [1.54, 1.807) is 0 Å². The molecule has 0 unspecified atom stereocenters. The van der Waals surface area contributed by atoms with Crippen LogP contribution in [0, 0.1) is 0 Å². The molecular weight excluding hydrogens is 590 g/mol. The summed E-state index contributed by atoms with van der Waals surface area (Å²) in [7, 11) is 0. The van der Waals surface area contributed by atoms with Crippen molar-refractivity contribution < 1.29 is 24.9 Å². The fraction of sp³-hybridized carbons (Fsp3) is 0.974. The predicted octanol–water partition coefficient (Wildman–Crippen LogP) is 9.08. The molecule has 6 N–H and O–H groups in total. The summed E-state index contributed by atoms with van der Waals surface area (Å²) in [5.41, 5.74) is 4.28. The van der Waals surface area contributed by atoms with Crippen molar-refractivity contribution in [3.63, 3.8) is 0 Å². The third-order valence-electron chi connectivity index (χ3n) is 9.98. The van der Waals surface area contributed by atoms with E-state index >= 15 is 0 Å². The summed E-state index contributed by atoms with van der Waals surface area (Å²) >= 11 is 0. The molecule has 0 aromatic heterocycles. The molecule has 0 aromatic rings. The molecule has 8 heteroatoms. The molecule has 0 saturated carbocycles. The standard InChI is InChI=1S/C39H79N3O5/c1-3-5-7-9-11-13-15-17-18-19-20-22-24-26-28-30-32-42(37-39(40,46)33-35(44)36(34-43)47-37)38(45)41-31-29-27-25-23-21-16-14-12-10-8-6-4-2/h35-37,43-44,46H,3-34,40H2,1-2H3,(H,41,45)/t35-,36+,37+,39+/m0/s1. The van der Waals surface area contributed by atoms with Gasteiger partial charge in [-0.15, -0.1) is 0 Å². The first-order valence-corrected chi connectivity index (χ1v) is 20.4. The summed E-state index contributed by atoms with van der Waals surface area (Å²) in [4.78, 5) is 14.8. The predicted molar refractivity (Wildman–Crippen MR) is 196 cm³/mol. The molecule has 1 heterocycles. The second kappa shape index (κ2) is 29.9. The van der Waals surface area contributed by atoms with Gasteiger partial charge in [-0.2, -0.15) is 0 Å². The Morgan fingerprint density at radius 1 is 0.681 bits per heavy atom.